The van der Waals surface area contributed by atoms with E-state index in [1.807, 2.05) is 49.4 Å². The van der Waals surface area contributed by atoms with Gasteiger partial charge in [0.1, 0.15) is 0 Å². The van der Waals surface area contributed by atoms with E-state index in [9.17, 15) is 9.59 Å². The zero-order chi connectivity index (χ0) is 17.0. The summed E-state index contributed by atoms with van der Waals surface area (Å²) in [5, 5.41) is 2.18. The van der Waals surface area contributed by atoms with Gasteiger partial charge in [-0.05, 0) is 59.9 Å². The SMILES string of the molecule is C[C@@]12C(=O)N(c3ccc4ccccc4c3)C(=O)[C@@H]1[C@H]1C=C[C@H]2C12CC2. The molecule has 2 amide bonds. The third kappa shape index (κ3) is 1.37. The van der Waals surface area contributed by atoms with E-state index in [4.69, 9.17) is 0 Å². The van der Waals surface area contributed by atoms with Gasteiger partial charge in [0, 0.05) is 0 Å². The standard InChI is InChI=1S/C22H19NO2/c1-21-17-9-8-16(22(17)10-11-22)18(21)19(24)23(20(21)25)15-7-6-13-4-2-3-5-14(13)12-15/h2-9,12,16-18H,10-11H2,1H3/t16-,17-,18+,21+/m1/s1. The summed E-state index contributed by atoms with van der Waals surface area (Å²) >= 11 is 0. The first-order valence-corrected chi connectivity index (χ1v) is 9.13. The predicted octanol–water partition coefficient (Wildman–Crippen LogP) is 3.93. The van der Waals surface area contributed by atoms with Crippen LogP contribution in [0.15, 0.2) is 54.6 Å². The van der Waals surface area contributed by atoms with Crippen molar-refractivity contribution in [2.45, 2.75) is 19.8 Å². The zero-order valence-corrected chi connectivity index (χ0v) is 14.1. The third-order valence-corrected chi connectivity index (χ3v) is 7.41. The molecule has 1 saturated heterocycles. The Morgan fingerprint density at radius 1 is 1.00 bits per heavy atom. The highest BCUT2D eigenvalue weighted by atomic mass is 16.2. The number of hydrogen-bond donors (Lipinski definition) is 0. The molecule has 4 atom stereocenters. The Hall–Kier alpha value is -2.42. The maximum absolute atomic E-state index is 13.4. The lowest BCUT2D eigenvalue weighted by molar-refractivity contribution is -0.127. The van der Waals surface area contributed by atoms with Crippen molar-refractivity contribution in [3.63, 3.8) is 0 Å². The van der Waals surface area contributed by atoms with Gasteiger partial charge in [-0.1, -0.05) is 42.5 Å². The second-order valence-electron chi connectivity index (χ2n) is 8.39. The van der Waals surface area contributed by atoms with Crippen LogP contribution >= 0.6 is 0 Å². The van der Waals surface area contributed by atoms with Crippen molar-refractivity contribution in [2.24, 2.45) is 28.6 Å². The molecule has 1 heterocycles. The molecule has 0 N–H and O–H groups in total. The van der Waals surface area contributed by atoms with Gasteiger partial charge in [-0.15, -0.1) is 0 Å². The van der Waals surface area contributed by atoms with Crippen molar-refractivity contribution in [2.75, 3.05) is 4.90 Å². The van der Waals surface area contributed by atoms with Crippen molar-refractivity contribution in [1.29, 1.82) is 0 Å². The Balaban J connectivity index is 1.49. The number of fused-ring (bicyclic) bond motifs is 4. The van der Waals surface area contributed by atoms with Crippen LogP contribution < -0.4 is 4.90 Å². The number of nitrogens with zero attached hydrogens (tertiary/aromatic N) is 1. The number of carbonyl (C=O) groups excluding carboxylic acids is 2. The molecular weight excluding hydrogens is 310 g/mol. The number of rotatable bonds is 1. The Morgan fingerprint density at radius 3 is 2.48 bits per heavy atom. The minimum absolute atomic E-state index is 0.000839. The van der Waals surface area contributed by atoms with Crippen molar-refractivity contribution in [3.05, 3.63) is 54.6 Å². The van der Waals surface area contributed by atoms with Crippen LogP contribution in [0.5, 0.6) is 0 Å². The van der Waals surface area contributed by atoms with E-state index in [1.165, 1.54) is 4.90 Å². The van der Waals surface area contributed by atoms with Crippen LogP contribution in [-0.4, -0.2) is 11.8 Å². The fourth-order valence-electron chi connectivity index (χ4n) is 6.13. The van der Waals surface area contributed by atoms with Crippen LogP contribution in [0.1, 0.15) is 19.8 Å². The zero-order valence-electron chi connectivity index (χ0n) is 14.1. The summed E-state index contributed by atoms with van der Waals surface area (Å²) in [4.78, 5) is 28.2. The number of allylic oxidation sites excluding steroid dienone is 2. The molecular formula is C22H19NO2. The fourth-order valence-corrected chi connectivity index (χ4v) is 6.13. The van der Waals surface area contributed by atoms with Crippen LogP contribution in [0.3, 0.4) is 0 Å². The summed E-state index contributed by atoms with van der Waals surface area (Å²) in [6, 6.07) is 13.9. The predicted molar refractivity (Wildman–Crippen MR) is 95.8 cm³/mol. The van der Waals surface area contributed by atoms with Crippen LogP contribution in [0.4, 0.5) is 5.69 Å². The summed E-state index contributed by atoms with van der Waals surface area (Å²) < 4.78 is 0. The maximum atomic E-state index is 13.4. The Morgan fingerprint density at radius 2 is 1.76 bits per heavy atom. The first-order chi connectivity index (χ1) is 12.1. The summed E-state index contributed by atoms with van der Waals surface area (Å²) in [5.41, 5.74) is 0.382. The van der Waals surface area contributed by atoms with Gasteiger partial charge in [0.15, 0.2) is 0 Å². The quantitative estimate of drug-likeness (QED) is 0.587. The summed E-state index contributed by atoms with van der Waals surface area (Å²) in [5.74, 6) is 0.317. The van der Waals surface area contributed by atoms with Gasteiger partial charge >= 0.3 is 0 Å². The van der Waals surface area contributed by atoms with Gasteiger partial charge in [0.25, 0.3) is 0 Å². The molecule has 1 aliphatic heterocycles. The molecule has 6 rings (SSSR count). The van der Waals surface area contributed by atoms with Gasteiger partial charge in [-0.25, -0.2) is 4.90 Å². The maximum Gasteiger partial charge on any atom is 0.241 e. The molecule has 3 aliphatic carbocycles. The third-order valence-electron chi connectivity index (χ3n) is 7.41. The Kier molecular flexibility index (Phi) is 2.23. The van der Waals surface area contributed by atoms with E-state index in [1.54, 1.807) is 0 Å². The highest BCUT2D eigenvalue weighted by molar-refractivity contribution is 6.25. The summed E-state index contributed by atoms with van der Waals surface area (Å²) in [6.45, 7) is 2.03. The number of carbonyl (C=O) groups is 2. The van der Waals surface area contributed by atoms with Gasteiger partial charge in [-0.2, -0.15) is 0 Å². The smallest absolute Gasteiger partial charge is 0.241 e. The Bertz CT molecular complexity index is 1000. The van der Waals surface area contributed by atoms with Gasteiger partial charge in [0.2, 0.25) is 11.8 Å². The average Bonchev–Trinajstić information content (AvgIpc) is 3.24. The molecule has 2 saturated carbocycles. The van der Waals surface area contributed by atoms with Gasteiger partial charge < -0.3 is 0 Å². The average molecular weight is 329 g/mol. The number of benzene rings is 2. The molecule has 4 aliphatic rings. The monoisotopic (exact) mass is 329 g/mol. The number of amides is 2. The lowest BCUT2D eigenvalue weighted by Gasteiger charge is -2.29. The van der Waals surface area contributed by atoms with E-state index in [0.717, 1.165) is 23.6 Å². The second kappa shape index (κ2) is 4.04. The van der Waals surface area contributed by atoms with E-state index >= 15 is 0 Å². The first kappa shape index (κ1) is 13.8. The molecule has 0 radical (unpaired) electrons. The molecule has 2 aromatic rings. The molecule has 25 heavy (non-hydrogen) atoms. The Labute approximate surface area is 146 Å². The van der Waals surface area contributed by atoms with Gasteiger partial charge in [-0.3, -0.25) is 9.59 Å². The first-order valence-electron chi connectivity index (χ1n) is 9.13. The normalized spacial score (nSPS) is 36.7. The number of hydrogen-bond acceptors (Lipinski definition) is 2. The molecule has 3 fully saturated rings. The largest absolute Gasteiger partial charge is 0.274 e. The minimum Gasteiger partial charge on any atom is -0.274 e. The molecule has 2 aromatic carbocycles. The van der Waals surface area contributed by atoms with Crippen LogP contribution in [0.2, 0.25) is 0 Å². The van der Waals surface area contributed by atoms with E-state index in [2.05, 4.69) is 12.2 Å². The van der Waals surface area contributed by atoms with Crippen molar-refractivity contribution >= 4 is 28.3 Å². The molecule has 1 spiro atoms. The molecule has 3 nitrogen and oxygen atoms in total. The topological polar surface area (TPSA) is 37.4 Å². The second-order valence-corrected chi connectivity index (χ2v) is 8.39. The van der Waals surface area contributed by atoms with Crippen LogP contribution in [0, 0.1) is 28.6 Å². The molecule has 2 bridgehead atoms. The number of anilines is 1. The summed E-state index contributed by atoms with van der Waals surface area (Å²) in [7, 11) is 0. The number of imide groups is 1. The molecule has 3 heteroatoms. The molecule has 0 unspecified atom stereocenters. The van der Waals surface area contributed by atoms with Crippen molar-refractivity contribution in [1.82, 2.24) is 0 Å². The van der Waals surface area contributed by atoms with E-state index < -0.39 is 5.41 Å². The lowest BCUT2D eigenvalue weighted by atomic mass is 9.71. The highest BCUT2D eigenvalue weighted by Gasteiger charge is 2.78. The van der Waals surface area contributed by atoms with E-state index in [-0.39, 0.29) is 35.0 Å². The highest BCUT2D eigenvalue weighted by Crippen LogP contribution is 2.77. The lowest BCUT2D eigenvalue weighted by Crippen LogP contribution is -2.39. The summed E-state index contributed by atoms with van der Waals surface area (Å²) in [6.07, 6.45) is 6.78. The van der Waals surface area contributed by atoms with Crippen molar-refractivity contribution < 1.29 is 9.59 Å². The minimum atomic E-state index is -0.557. The van der Waals surface area contributed by atoms with Crippen LogP contribution in [0.25, 0.3) is 10.8 Å². The van der Waals surface area contributed by atoms with Crippen molar-refractivity contribution in [3.8, 4) is 0 Å². The van der Waals surface area contributed by atoms with E-state index in [0.29, 0.717) is 5.69 Å². The van der Waals surface area contributed by atoms with Gasteiger partial charge in [0.05, 0.1) is 17.0 Å². The van der Waals surface area contributed by atoms with Crippen LogP contribution in [-0.2, 0) is 9.59 Å². The fraction of sp³-hybridized carbons (Fsp3) is 0.364. The molecule has 124 valence electrons. The molecule has 0 aromatic heterocycles.